The molecule has 2 N–H and O–H groups in total. The highest BCUT2D eigenvalue weighted by molar-refractivity contribution is 5.86. The zero-order valence-corrected chi connectivity index (χ0v) is 11.5. The summed E-state index contributed by atoms with van der Waals surface area (Å²) in [4.78, 5) is 14.2. The van der Waals surface area contributed by atoms with Crippen molar-refractivity contribution >= 4 is 22.9 Å². The van der Waals surface area contributed by atoms with Crippen molar-refractivity contribution in [3.8, 4) is 0 Å². The standard InChI is InChI=1S/C16H17NO3/c1-3-11(9-15(20-2)16(18)19)8-13-10-12-6-4-5-7-14(12)17-13/h4-10,17H,3H2,1-2H3,(H,18,19)/b11-8+,15-9+. The number of carboxylic acid groups (broad SMARTS) is 1. The second kappa shape index (κ2) is 6.10. The van der Waals surface area contributed by atoms with Gasteiger partial charge in [-0.3, -0.25) is 0 Å². The normalized spacial score (nSPS) is 12.7. The van der Waals surface area contributed by atoms with E-state index in [9.17, 15) is 4.79 Å². The van der Waals surface area contributed by atoms with E-state index in [0.717, 1.165) is 28.6 Å². The summed E-state index contributed by atoms with van der Waals surface area (Å²) in [6, 6.07) is 10.0. The van der Waals surface area contributed by atoms with E-state index in [1.54, 1.807) is 6.08 Å². The van der Waals surface area contributed by atoms with Crippen LogP contribution in [0.15, 0.2) is 47.7 Å². The van der Waals surface area contributed by atoms with E-state index in [1.807, 2.05) is 43.3 Å². The summed E-state index contributed by atoms with van der Waals surface area (Å²) < 4.78 is 4.85. The number of benzene rings is 1. The number of carboxylic acids is 1. The van der Waals surface area contributed by atoms with Gasteiger partial charge in [0.15, 0.2) is 0 Å². The fourth-order valence-corrected chi connectivity index (χ4v) is 2.00. The van der Waals surface area contributed by atoms with E-state index in [2.05, 4.69) is 4.98 Å². The van der Waals surface area contributed by atoms with Crippen LogP contribution in [0.3, 0.4) is 0 Å². The first-order valence-electron chi connectivity index (χ1n) is 6.41. The number of aliphatic carboxylic acids is 1. The lowest BCUT2D eigenvalue weighted by Gasteiger charge is -2.02. The number of aromatic amines is 1. The Morgan fingerprint density at radius 2 is 2.15 bits per heavy atom. The first-order valence-corrected chi connectivity index (χ1v) is 6.41. The number of aromatic nitrogens is 1. The van der Waals surface area contributed by atoms with Crippen molar-refractivity contribution in [2.75, 3.05) is 7.11 Å². The maximum atomic E-state index is 10.9. The molecule has 0 saturated carbocycles. The maximum Gasteiger partial charge on any atom is 0.371 e. The van der Waals surface area contributed by atoms with Gasteiger partial charge < -0.3 is 14.8 Å². The number of ether oxygens (including phenoxy) is 1. The predicted octanol–water partition coefficient (Wildman–Crippen LogP) is 3.58. The summed E-state index contributed by atoms with van der Waals surface area (Å²) in [5.74, 6) is -1.13. The Morgan fingerprint density at radius 1 is 1.40 bits per heavy atom. The fourth-order valence-electron chi connectivity index (χ4n) is 2.00. The summed E-state index contributed by atoms with van der Waals surface area (Å²) in [7, 11) is 1.36. The maximum absolute atomic E-state index is 10.9. The van der Waals surface area contributed by atoms with Crippen molar-refractivity contribution < 1.29 is 14.6 Å². The van der Waals surface area contributed by atoms with Crippen LogP contribution in [-0.2, 0) is 9.53 Å². The molecule has 0 unspecified atom stereocenters. The molecule has 1 aromatic carbocycles. The van der Waals surface area contributed by atoms with Crippen molar-refractivity contribution in [3.63, 3.8) is 0 Å². The minimum Gasteiger partial charge on any atom is -0.490 e. The van der Waals surface area contributed by atoms with Gasteiger partial charge in [-0.1, -0.05) is 25.1 Å². The van der Waals surface area contributed by atoms with Crippen LogP contribution in [0.4, 0.5) is 0 Å². The number of nitrogens with one attached hydrogen (secondary N) is 1. The monoisotopic (exact) mass is 271 g/mol. The molecule has 4 heteroatoms. The Morgan fingerprint density at radius 3 is 2.75 bits per heavy atom. The summed E-state index contributed by atoms with van der Waals surface area (Å²) in [5, 5.41) is 10.1. The largest absolute Gasteiger partial charge is 0.490 e. The van der Waals surface area contributed by atoms with Crippen LogP contribution in [0.5, 0.6) is 0 Å². The SMILES string of the molecule is CCC(=C\c1cc2ccccc2[nH]1)/C=C(/OC)C(=O)O. The molecule has 104 valence electrons. The molecule has 1 heterocycles. The number of carbonyl (C=O) groups is 1. The van der Waals surface area contributed by atoms with Crippen LogP contribution in [-0.4, -0.2) is 23.2 Å². The molecule has 0 fully saturated rings. The molecular formula is C16H17NO3. The predicted molar refractivity (Wildman–Crippen MR) is 79.3 cm³/mol. The first-order chi connectivity index (χ1) is 9.63. The molecule has 0 spiro atoms. The number of fused-ring (bicyclic) bond motifs is 1. The highest BCUT2D eigenvalue weighted by Crippen LogP contribution is 2.18. The topological polar surface area (TPSA) is 62.3 Å². The average molecular weight is 271 g/mol. The lowest BCUT2D eigenvalue weighted by atomic mass is 10.1. The van der Waals surface area contributed by atoms with Gasteiger partial charge in [0.2, 0.25) is 5.76 Å². The highest BCUT2D eigenvalue weighted by Gasteiger charge is 2.07. The lowest BCUT2D eigenvalue weighted by molar-refractivity contribution is -0.136. The van der Waals surface area contributed by atoms with Gasteiger partial charge >= 0.3 is 5.97 Å². The lowest BCUT2D eigenvalue weighted by Crippen LogP contribution is -2.02. The second-order valence-electron chi connectivity index (χ2n) is 4.40. The van der Waals surface area contributed by atoms with Crippen LogP contribution in [0.25, 0.3) is 17.0 Å². The molecule has 0 radical (unpaired) electrons. The van der Waals surface area contributed by atoms with Gasteiger partial charge in [-0.15, -0.1) is 0 Å². The number of allylic oxidation sites excluding steroid dienone is 2. The van der Waals surface area contributed by atoms with Crippen LogP contribution < -0.4 is 0 Å². The van der Waals surface area contributed by atoms with Crippen molar-refractivity contribution in [2.24, 2.45) is 0 Å². The number of hydrogen-bond acceptors (Lipinski definition) is 2. The third kappa shape index (κ3) is 3.09. The molecule has 0 aliphatic rings. The molecule has 0 saturated heterocycles. The molecule has 0 aliphatic heterocycles. The fraction of sp³-hybridized carbons (Fsp3) is 0.188. The van der Waals surface area contributed by atoms with Crippen molar-refractivity contribution in [1.29, 1.82) is 0 Å². The number of rotatable bonds is 5. The van der Waals surface area contributed by atoms with Crippen LogP contribution in [0.2, 0.25) is 0 Å². The van der Waals surface area contributed by atoms with Gasteiger partial charge in [-0.05, 0) is 41.7 Å². The minimum absolute atomic E-state index is 0.0609. The Hall–Kier alpha value is -2.49. The zero-order chi connectivity index (χ0) is 14.5. The van der Waals surface area contributed by atoms with Crippen molar-refractivity contribution in [1.82, 2.24) is 4.98 Å². The summed E-state index contributed by atoms with van der Waals surface area (Å²) in [5.41, 5.74) is 2.89. The average Bonchev–Trinajstić information content (AvgIpc) is 2.85. The summed E-state index contributed by atoms with van der Waals surface area (Å²) in [6.07, 6.45) is 4.20. The van der Waals surface area contributed by atoms with E-state index >= 15 is 0 Å². The van der Waals surface area contributed by atoms with Crippen LogP contribution >= 0.6 is 0 Å². The molecular weight excluding hydrogens is 254 g/mol. The van der Waals surface area contributed by atoms with Crippen molar-refractivity contribution in [2.45, 2.75) is 13.3 Å². The van der Waals surface area contributed by atoms with E-state index in [-0.39, 0.29) is 5.76 Å². The third-order valence-electron chi connectivity index (χ3n) is 3.05. The van der Waals surface area contributed by atoms with Crippen LogP contribution in [0.1, 0.15) is 19.0 Å². The Balaban J connectivity index is 2.37. The van der Waals surface area contributed by atoms with Gasteiger partial charge in [0.25, 0.3) is 0 Å². The van der Waals surface area contributed by atoms with E-state index in [4.69, 9.17) is 9.84 Å². The molecule has 1 aromatic heterocycles. The summed E-state index contributed by atoms with van der Waals surface area (Å²) in [6.45, 7) is 1.97. The number of H-pyrrole nitrogens is 1. The van der Waals surface area contributed by atoms with E-state index in [0.29, 0.717) is 0 Å². The highest BCUT2D eigenvalue weighted by atomic mass is 16.5. The van der Waals surface area contributed by atoms with Crippen LogP contribution in [0, 0.1) is 0 Å². The molecule has 20 heavy (non-hydrogen) atoms. The molecule has 2 rings (SSSR count). The number of para-hydroxylation sites is 1. The molecule has 0 amide bonds. The van der Waals surface area contributed by atoms with Crippen molar-refractivity contribution in [3.05, 3.63) is 53.4 Å². The van der Waals surface area contributed by atoms with Gasteiger partial charge in [-0.25, -0.2) is 4.79 Å². The van der Waals surface area contributed by atoms with E-state index < -0.39 is 5.97 Å². The Kier molecular flexibility index (Phi) is 4.25. The molecule has 0 aliphatic carbocycles. The second-order valence-corrected chi connectivity index (χ2v) is 4.40. The third-order valence-corrected chi connectivity index (χ3v) is 3.05. The molecule has 0 bridgehead atoms. The Labute approximate surface area is 117 Å². The smallest absolute Gasteiger partial charge is 0.371 e. The Bertz CT molecular complexity index is 647. The van der Waals surface area contributed by atoms with Gasteiger partial charge in [0.05, 0.1) is 7.11 Å². The molecule has 0 atom stereocenters. The zero-order valence-electron chi connectivity index (χ0n) is 11.5. The number of hydrogen-bond donors (Lipinski definition) is 2. The summed E-state index contributed by atoms with van der Waals surface area (Å²) >= 11 is 0. The first kappa shape index (κ1) is 13.9. The van der Waals surface area contributed by atoms with Gasteiger partial charge in [0, 0.05) is 11.2 Å². The van der Waals surface area contributed by atoms with E-state index in [1.165, 1.54) is 7.11 Å². The minimum atomic E-state index is -1.07. The molecule has 2 aromatic rings. The quantitative estimate of drug-likeness (QED) is 0.496. The molecule has 4 nitrogen and oxygen atoms in total. The van der Waals surface area contributed by atoms with Gasteiger partial charge in [0.1, 0.15) is 0 Å². The number of methoxy groups -OCH3 is 1. The van der Waals surface area contributed by atoms with Gasteiger partial charge in [-0.2, -0.15) is 0 Å².